The number of hydrogen-bond donors (Lipinski definition) is 1. The van der Waals surface area contributed by atoms with E-state index in [0.29, 0.717) is 17.9 Å². The lowest BCUT2D eigenvalue weighted by Gasteiger charge is -2.40. The van der Waals surface area contributed by atoms with E-state index in [1.54, 1.807) is 12.3 Å². The van der Waals surface area contributed by atoms with Crippen molar-refractivity contribution in [3.05, 3.63) is 59.7 Å². The smallest absolute Gasteiger partial charge is 0.316 e. The number of halogens is 5. The number of nitrogens with zero attached hydrogens (tertiary/aromatic N) is 7. The Hall–Kier alpha value is -3.71. The number of pyridine rings is 1. The summed E-state index contributed by atoms with van der Waals surface area (Å²) in [5.41, 5.74) is 0.579. The zero-order chi connectivity index (χ0) is 29.2. The van der Waals surface area contributed by atoms with Gasteiger partial charge in [-0.25, -0.2) is 28.7 Å². The molecule has 3 unspecified atom stereocenters. The first-order chi connectivity index (χ1) is 20.2. The molecule has 1 aromatic carbocycles. The molecule has 7 rings (SSSR count). The third-order valence-electron chi connectivity index (χ3n) is 8.72. The van der Waals surface area contributed by atoms with Gasteiger partial charge in [0.25, 0.3) is 0 Å². The molecule has 2 bridgehead atoms. The van der Waals surface area contributed by atoms with Crippen LogP contribution < -0.4 is 5.32 Å². The van der Waals surface area contributed by atoms with Gasteiger partial charge in [0.2, 0.25) is 5.95 Å². The average Bonchev–Trinajstić information content (AvgIpc) is 3.61. The van der Waals surface area contributed by atoms with E-state index in [0.717, 1.165) is 48.6 Å². The van der Waals surface area contributed by atoms with Gasteiger partial charge in [0.15, 0.2) is 11.6 Å². The predicted octanol–water partition coefficient (Wildman–Crippen LogP) is 5.63. The summed E-state index contributed by atoms with van der Waals surface area (Å²) in [7, 11) is 0. The fraction of sp³-hybridized carbons (Fsp3) is 0.448. The molecule has 8 nitrogen and oxygen atoms in total. The van der Waals surface area contributed by atoms with Crippen LogP contribution >= 0.6 is 0 Å². The van der Waals surface area contributed by atoms with Gasteiger partial charge in [-0.05, 0) is 49.6 Å². The van der Waals surface area contributed by atoms with Gasteiger partial charge in [-0.3, -0.25) is 9.80 Å². The Morgan fingerprint density at radius 3 is 2.43 bits per heavy atom. The monoisotopic (exact) mass is 584 g/mol. The third kappa shape index (κ3) is 4.77. The fourth-order valence-electron chi connectivity index (χ4n) is 6.88. The number of benzene rings is 1. The number of alkyl halides is 3. The van der Waals surface area contributed by atoms with Gasteiger partial charge in [-0.2, -0.15) is 13.2 Å². The number of likely N-dealkylation sites (N-methyl/N-ethyl adjacent to an activating group) is 1. The number of piperazine rings is 1. The number of likely N-dealkylation sites (tertiary alicyclic amines) is 1. The van der Waals surface area contributed by atoms with Crippen LogP contribution in [0.1, 0.15) is 43.6 Å². The molecule has 2 saturated heterocycles. The Bertz CT molecular complexity index is 1620. The van der Waals surface area contributed by atoms with Crippen LogP contribution in [-0.4, -0.2) is 72.2 Å². The molecule has 13 heteroatoms. The predicted molar refractivity (Wildman–Crippen MR) is 146 cm³/mol. The molecule has 3 aliphatic heterocycles. The van der Waals surface area contributed by atoms with E-state index in [-0.39, 0.29) is 46.9 Å². The van der Waals surface area contributed by atoms with Crippen LogP contribution in [0.25, 0.3) is 22.3 Å². The minimum atomic E-state index is -4.52. The Morgan fingerprint density at radius 1 is 0.952 bits per heavy atom. The van der Waals surface area contributed by atoms with Crippen LogP contribution in [-0.2, 0) is 13.0 Å². The number of fused-ring (bicyclic) bond motifs is 5. The van der Waals surface area contributed by atoms with Crippen molar-refractivity contribution in [3.8, 4) is 11.3 Å². The number of aryl methyl sites for hydroxylation is 1. The van der Waals surface area contributed by atoms with Gasteiger partial charge >= 0.3 is 6.18 Å². The largest absolute Gasteiger partial charge is 0.409 e. The SMILES string of the molecule is CCN1C2CCC1CN(Cc1ccc(Nc3ncc(F)c(-c4cc(F)c5nc6n(c5c4)C(C(F)(F)F)CC6)n3)nc1)C2. The molecule has 1 N–H and O–H groups in total. The van der Waals surface area contributed by atoms with Crippen molar-refractivity contribution in [2.45, 2.75) is 63.5 Å². The summed E-state index contributed by atoms with van der Waals surface area (Å²) in [5.74, 6) is -1.08. The van der Waals surface area contributed by atoms with Gasteiger partial charge < -0.3 is 9.88 Å². The Morgan fingerprint density at radius 2 is 1.74 bits per heavy atom. The lowest BCUT2D eigenvalue weighted by molar-refractivity contribution is -0.164. The molecule has 42 heavy (non-hydrogen) atoms. The number of imidazole rings is 1. The van der Waals surface area contributed by atoms with E-state index in [1.807, 2.05) is 6.07 Å². The van der Waals surface area contributed by atoms with Crippen molar-refractivity contribution >= 4 is 22.8 Å². The highest BCUT2D eigenvalue weighted by Crippen LogP contribution is 2.42. The van der Waals surface area contributed by atoms with Gasteiger partial charge in [-0.1, -0.05) is 13.0 Å². The van der Waals surface area contributed by atoms with E-state index >= 15 is 4.39 Å². The van der Waals surface area contributed by atoms with Crippen molar-refractivity contribution in [1.29, 1.82) is 0 Å². The molecule has 220 valence electrons. The number of anilines is 2. The van der Waals surface area contributed by atoms with Crippen LogP contribution in [0, 0.1) is 11.6 Å². The van der Waals surface area contributed by atoms with E-state index in [4.69, 9.17) is 0 Å². The normalized spacial score (nSPS) is 22.7. The Kier molecular flexibility index (Phi) is 6.61. The average molecular weight is 585 g/mol. The summed E-state index contributed by atoms with van der Waals surface area (Å²) in [5, 5.41) is 2.94. The van der Waals surface area contributed by atoms with Crippen molar-refractivity contribution in [1.82, 2.24) is 34.3 Å². The summed E-state index contributed by atoms with van der Waals surface area (Å²) in [6, 6.07) is 5.50. The van der Waals surface area contributed by atoms with Crippen LogP contribution in [0.15, 0.2) is 36.7 Å². The van der Waals surface area contributed by atoms with Gasteiger partial charge in [-0.15, -0.1) is 0 Å². The minimum Gasteiger partial charge on any atom is -0.316 e. The molecule has 3 aliphatic rings. The van der Waals surface area contributed by atoms with Crippen molar-refractivity contribution < 1.29 is 22.0 Å². The third-order valence-corrected chi connectivity index (χ3v) is 8.72. The van der Waals surface area contributed by atoms with E-state index in [2.05, 4.69) is 42.0 Å². The van der Waals surface area contributed by atoms with Crippen LogP contribution in [0.3, 0.4) is 0 Å². The second-order valence-electron chi connectivity index (χ2n) is 11.3. The molecule has 0 radical (unpaired) electrons. The summed E-state index contributed by atoms with van der Waals surface area (Å²) >= 11 is 0. The molecule has 3 aromatic heterocycles. The standard InChI is InChI=1S/C29H29F5N8/c1-2-41-18-4-5-19(41)15-40(14-18)13-16-3-7-24(35-11-16)37-28-36-12-21(31)26(39-28)17-9-20(30)27-22(10-17)42-23(29(32,33)34)6-8-25(42)38-27/h3,7,9-12,18-19,23H,2,4-6,8,13-15H2,1H3,(H,35,36,37,39). The fourth-order valence-corrected chi connectivity index (χ4v) is 6.88. The van der Waals surface area contributed by atoms with Crippen molar-refractivity contribution in [2.24, 2.45) is 0 Å². The highest BCUT2D eigenvalue weighted by atomic mass is 19.4. The number of aromatic nitrogens is 5. The second-order valence-corrected chi connectivity index (χ2v) is 11.3. The maximum Gasteiger partial charge on any atom is 0.409 e. The number of rotatable bonds is 6. The van der Waals surface area contributed by atoms with E-state index in [1.165, 1.54) is 18.9 Å². The topological polar surface area (TPSA) is 75.0 Å². The van der Waals surface area contributed by atoms with Gasteiger partial charge in [0.05, 0.1) is 11.7 Å². The molecule has 0 aliphatic carbocycles. The summed E-state index contributed by atoms with van der Waals surface area (Å²) < 4.78 is 71.9. The maximum absolute atomic E-state index is 15.0. The van der Waals surface area contributed by atoms with Crippen LogP contribution in [0.4, 0.5) is 33.7 Å². The molecule has 6 heterocycles. The first-order valence-corrected chi connectivity index (χ1v) is 14.2. The lowest BCUT2D eigenvalue weighted by Crippen LogP contribution is -2.53. The first-order valence-electron chi connectivity index (χ1n) is 14.2. The van der Waals surface area contributed by atoms with Gasteiger partial charge in [0, 0.05) is 49.9 Å². The molecule has 0 amide bonds. The summed E-state index contributed by atoms with van der Waals surface area (Å²) in [6.07, 6.45) is 0.586. The van der Waals surface area contributed by atoms with Gasteiger partial charge in [0.1, 0.15) is 28.9 Å². The molecule has 3 atom stereocenters. The van der Waals surface area contributed by atoms with Crippen LogP contribution in [0.2, 0.25) is 0 Å². The zero-order valence-electron chi connectivity index (χ0n) is 22.9. The van der Waals surface area contributed by atoms with E-state index < -0.39 is 23.9 Å². The minimum absolute atomic E-state index is 0.0149. The molecular weight excluding hydrogens is 555 g/mol. The quantitative estimate of drug-likeness (QED) is 0.295. The molecule has 0 spiro atoms. The highest BCUT2D eigenvalue weighted by Gasteiger charge is 2.46. The maximum atomic E-state index is 15.0. The Balaban J connectivity index is 1.11. The summed E-state index contributed by atoms with van der Waals surface area (Å²) in [4.78, 5) is 21.8. The molecular formula is C29H29F5N8. The van der Waals surface area contributed by atoms with Crippen molar-refractivity contribution in [2.75, 3.05) is 25.0 Å². The highest BCUT2D eigenvalue weighted by molar-refractivity contribution is 5.83. The molecule has 0 saturated carbocycles. The first kappa shape index (κ1) is 27.1. The van der Waals surface area contributed by atoms with E-state index in [9.17, 15) is 17.6 Å². The zero-order valence-corrected chi connectivity index (χ0v) is 22.9. The molecule has 4 aromatic rings. The van der Waals surface area contributed by atoms with Crippen LogP contribution in [0.5, 0.6) is 0 Å². The molecule has 2 fully saturated rings. The number of hydrogen-bond acceptors (Lipinski definition) is 7. The van der Waals surface area contributed by atoms with Crippen molar-refractivity contribution in [3.63, 3.8) is 0 Å². The Labute approximate surface area is 238 Å². The lowest BCUT2D eigenvalue weighted by atomic mass is 10.1. The second kappa shape index (κ2) is 10.2. The summed E-state index contributed by atoms with van der Waals surface area (Å²) in [6.45, 7) is 6.20. The number of nitrogens with one attached hydrogen (secondary N) is 1.